The number of amides is 1. The van der Waals surface area contributed by atoms with Crippen molar-refractivity contribution in [2.75, 3.05) is 25.1 Å². The van der Waals surface area contributed by atoms with Crippen LogP contribution in [0.2, 0.25) is 0 Å². The second-order valence-corrected chi connectivity index (χ2v) is 3.61. The zero-order chi connectivity index (χ0) is 12.7. The summed E-state index contributed by atoms with van der Waals surface area (Å²) in [6.45, 7) is 2.09. The van der Waals surface area contributed by atoms with Crippen LogP contribution in [0.15, 0.2) is 24.3 Å². The van der Waals surface area contributed by atoms with Crippen molar-refractivity contribution in [3.05, 3.63) is 29.8 Å². The maximum absolute atomic E-state index is 11.9. The van der Waals surface area contributed by atoms with Gasteiger partial charge in [0.1, 0.15) is 0 Å². The maximum Gasteiger partial charge on any atom is 0.253 e. The van der Waals surface area contributed by atoms with Crippen LogP contribution in [0.3, 0.4) is 0 Å². The summed E-state index contributed by atoms with van der Waals surface area (Å²) < 4.78 is 0. The maximum atomic E-state index is 11.9. The normalized spacial score (nSPS) is 10.4. The Hall–Kier alpha value is -1.59. The van der Waals surface area contributed by atoms with Crippen molar-refractivity contribution in [1.82, 2.24) is 5.32 Å². The van der Waals surface area contributed by atoms with Crippen LogP contribution >= 0.6 is 0 Å². The lowest BCUT2D eigenvalue weighted by molar-refractivity contribution is 0.0880. The number of carbonyl (C=O) groups excluding carboxylic acids is 1. The average molecular weight is 238 g/mol. The van der Waals surface area contributed by atoms with Crippen LogP contribution in [-0.2, 0) is 0 Å². The van der Waals surface area contributed by atoms with Crippen LogP contribution in [0.5, 0.6) is 0 Å². The fourth-order valence-electron chi connectivity index (χ4n) is 1.44. The van der Waals surface area contributed by atoms with Crippen LogP contribution < -0.4 is 10.6 Å². The molecule has 0 aromatic heterocycles. The van der Waals surface area contributed by atoms with Crippen molar-refractivity contribution >= 4 is 11.6 Å². The molecule has 17 heavy (non-hydrogen) atoms. The van der Waals surface area contributed by atoms with E-state index in [4.69, 9.17) is 10.2 Å². The highest BCUT2D eigenvalue weighted by molar-refractivity contribution is 5.99. The molecule has 0 heterocycles. The molecule has 0 bridgehead atoms. The fraction of sp³-hybridized carbons (Fsp3) is 0.417. The van der Waals surface area contributed by atoms with Crippen LogP contribution in [0.4, 0.5) is 5.69 Å². The van der Waals surface area contributed by atoms with E-state index in [9.17, 15) is 4.79 Å². The number of nitrogens with one attached hydrogen (secondary N) is 2. The third-order valence-electron chi connectivity index (χ3n) is 2.31. The van der Waals surface area contributed by atoms with Gasteiger partial charge in [0, 0.05) is 12.2 Å². The molecule has 0 fully saturated rings. The van der Waals surface area contributed by atoms with E-state index in [0.717, 1.165) is 5.69 Å². The second kappa shape index (κ2) is 6.88. The summed E-state index contributed by atoms with van der Waals surface area (Å²) in [5, 5.41) is 23.4. The summed E-state index contributed by atoms with van der Waals surface area (Å²) in [7, 11) is 0. The topological polar surface area (TPSA) is 81.6 Å². The first-order valence-electron chi connectivity index (χ1n) is 5.58. The van der Waals surface area contributed by atoms with Gasteiger partial charge in [-0.05, 0) is 19.1 Å². The third-order valence-corrected chi connectivity index (χ3v) is 2.31. The van der Waals surface area contributed by atoms with E-state index in [0.29, 0.717) is 12.1 Å². The zero-order valence-electron chi connectivity index (χ0n) is 9.81. The van der Waals surface area contributed by atoms with Gasteiger partial charge in [-0.2, -0.15) is 0 Å². The van der Waals surface area contributed by atoms with Crippen LogP contribution in [0.1, 0.15) is 17.3 Å². The monoisotopic (exact) mass is 238 g/mol. The number of para-hydroxylation sites is 1. The van der Waals surface area contributed by atoms with Gasteiger partial charge in [0.2, 0.25) is 0 Å². The standard InChI is InChI=1S/C12H18N2O3/c1-2-13-11-6-4-3-5-10(11)12(17)14-9(7-15)8-16/h3-6,9,13,15-16H,2,7-8H2,1H3,(H,14,17). The molecule has 0 saturated heterocycles. The summed E-state index contributed by atoms with van der Waals surface area (Å²) in [4.78, 5) is 11.9. The van der Waals surface area contributed by atoms with E-state index in [1.165, 1.54) is 0 Å². The zero-order valence-corrected chi connectivity index (χ0v) is 9.81. The van der Waals surface area contributed by atoms with E-state index in [2.05, 4.69) is 10.6 Å². The molecule has 0 radical (unpaired) electrons. The Morgan fingerprint density at radius 1 is 1.29 bits per heavy atom. The highest BCUT2D eigenvalue weighted by Gasteiger charge is 2.14. The quantitative estimate of drug-likeness (QED) is 0.571. The number of anilines is 1. The molecule has 0 aliphatic heterocycles. The first kappa shape index (κ1) is 13.5. The molecule has 0 spiro atoms. The number of carbonyl (C=O) groups is 1. The summed E-state index contributed by atoms with van der Waals surface area (Å²) >= 11 is 0. The molecule has 0 saturated carbocycles. The Labute approximate surface area is 100 Å². The van der Waals surface area contributed by atoms with Crippen molar-refractivity contribution in [1.29, 1.82) is 0 Å². The molecule has 0 aliphatic rings. The van der Waals surface area contributed by atoms with Gasteiger partial charge in [0.25, 0.3) is 5.91 Å². The summed E-state index contributed by atoms with van der Waals surface area (Å²) in [5.41, 5.74) is 1.24. The molecule has 4 N–H and O–H groups in total. The molecule has 5 heteroatoms. The SMILES string of the molecule is CCNc1ccccc1C(=O)NC(CO)CO. The predicted octanol–water partition coefficient (Wildman–Crippen LogP) is 0.201. The van der Waals surface area contributed by atoms with Gasteiger partial charge in [-0.3, -0.25) is 4.79 Å². The molecule has 0 atom stereocenters. The number of benzene rings is 1. The molecular weight excluding hydrogens is 220 g/mol. The molecule has 1 rings (SSSR count). The Morgan fingerprint density at radius 2 is 1.94 bits per heavy atom. The molecule has 0 aliphatic carbocycles. The number of aliphatic hydroxyl groups excluding tert-OH is 2. The van der Waals surface area contributed by atoms with Crippen molar-refractivity contribution in [2.45, 2.75) is 13.0 Å². The minimum atomic E-state index is -0.628. The predicted molar refractivity (Wildman–Crippen MR) is 66.0 cm³/mol. The second-order valence-electron chi connectivity index (χ2n) is 3.61. The highest BCUT2D eigenvalue weighted by Crippen LogP contribution is 2.14. The number of hydrogen-bond donors (Lipinski definition) is 4. The van der Waals surface area contributed by atoms with E-state index >= 15 is 0 Å². The first-order chi connectivity index (χ1) is 8.22. The lowest BCUT2D eigenvalue weighted by Crippen LogP contribution is -2.40. The highest BCUT2D eigenvalue weighted by atomic mass is 16.3. The lowest BCUT2D eigenvalue weighted by atomic mass is 10.1. The number of aliphatic hydroxyl groups is 2. The van der Waals surface area contributed by atoms with Crippen molar-refractivity contribution in [3.8, 4) is 0 Å². The van der Waals surface area contributed by atoms with Gasteiger partial charge in [0.15, 0.2) is 0 Å². The summed E-state index contributed by atoms with van der Waals surface area (Å²) in [5.74, 6) is -0.311. The molecule has 0 unspecified atom stereocenters. The van der Waals surface area contributed by atoms with Gasteiger partial charge in [-0.15, -0.1) is 0 Å². The largest absolute Gasteiger partial charge is 0.394 e. The Morgan fingerprint density at radius 3 is 2.53 bits per heavy atom. The van der Waals surface area contributed by atoms with Crippen LogP contribution in [-0.4, -0.2) is 41.9 Å². The van der Waals surface area contributed by atoms with Gasteiger partial charge in [-0.1, -0.05) is 12.1 Å². The van der Waals surface area contributed by atoms with Crippen LogP contribution in [0.25, 0.3) is 0 Å². The van der Waals surface area contributed by atoms with Crippen molar-refractivity contribution < 1.29 is 15.0 Å². The Balaban J connectivity index is 2.80. The van der Waals surface area contributed by atoms with Crippen molar-refractivity contribution in [2.24, 2.45) is 0 Å². The fourth-order valence-corrected chi connectivity index (χ4v) is 1.44. The first-order valence-corrected chi connectivity index (χ1v) is 5.58. The van der Waals surface area contributed by atoms with E-state index < -0.39 is 6.04 Å². The third kappa shape index (κ3) is 3.72. The van der Waals surface area contributed by atoms with Crippen LogP contribution in [0, 0.1) is 0 Å². The van der Waals surface area contributed by atoms with Gasteiger partial charge < -0.3 is 20.8 Å². The molecule has 94 valence electrons. The van der Waals surface area contributed by atoms with Gasteiger partial charge in [-0.25, -0.2) is 0 Å². The molecule has 1 amide bonds. The van der Waals surface area contributed by atoms with E-state index in [1.54, 1.807) is 12.1 Å². The molecule has 1 aromatic rings. The molecule has 5 nitrogen and oxygen atoms in total. The molecular formula is C12H18N2O3. The minimum Gasteiger partial charge on any atom is -0.394 e. The van der Waals surface area contributed by atoms with E-state index in [-0.39, 0.29) is 19.1 Å². The minimum absolute atomic E-state index is 0.286. The average Bonchev–Trinajstić information content (AvgIpc) is 2.36. The smallest absolute Gasteiger partial charge is 0.253 e. The lowest BCUT2D eigenvalue weighted by Gasteiger charge is -2.15. The van der Waals surface area contributed by atoms with Gasteiger partial charge >= 0.3 is 0 Å². The number of rotatable bonds is 6. The van der Waals surface area contributed by atoms with Crippen molar-refractivity contribution in [3.63, 3.8) is 0 Å². The summed E-state index contributed by atoms with van der Waals surface area (Å²) in [6.07, 6.45) is 0. The Kier molecular flexibility index (Phi) is 5.45. The molecule has 1 aromatic carbocycles. The van der Waals surface area contributed by atoms with Gasteiger partial charge in [0.05, 0.1) is 24.8 Å². The Bertz CT molecular complexity index is 365. The van der Waals surface area contributed by atoms with E-state index in [1.807, 2.05) is 19.1 Å². The number of hydrogen-bond acceptors (Lipinski definition) is 4. The summed E-state index contributed by atoms with van der Waals surface area (Å²) in [6, 6.07) is 6.48.